The summed E-state index contributed by atoms with van der Waals surface area (Å²) in [5.74, 6) is -0.271. The molecule has 7 nitrogen and oxygen atoms in total. The van der Waals surface area contributed by atoms with Crippen molar-refractivity contribution >= 4 is 35.9 Å². The number of halogens is 1. The van der Waals surface area contributed by atoms with Gasteiger partial charge in [-0.3, -0.25) is 4.57 Å². The second-order valence-corrected chi connectivity index (χ2v) is 12.4. The van der Waals surface area contributed by atoms with Crippen LogP contribution in [0, 0.1) is 5.82 Å². The van der Waals surface area contributed by atoms with Crippen molar-refractivity contribution in [1.82, 2.24) is 4.90 Å². The van der Waals surface area contributed by atoms with Crippen LogP contribution in [0.5, 0.6) is 5.75 Å². The number of phenols is 1. The third-order valence-electron chi connectivity index (χ3n) is 7.80. The van der Waals surface area contributed by atoms with Gasteiger partial charge in [0.1, 0.15) is 11.6 Å². The number of aliphatic hydroxyl groups is 1. The van der Waals surface area contributed by atoms with E-state index in [4.69, 9.17) is 12.2 Å². The van der Waals surface area contributed by atoms with Crippen LogP contribution in [0.15, 0.2) is 97.1 Å². The number of phenolic OH excluding ortho intramolecular Hbond substituents is 1. The lowest BCUT2D eigenvalue weighted by Crippen LogP contribution is -2.30. The molecule has 1 saturated heterocycles. The van der Waals surface area contributed by atoms with Gasteiger partial charge in [0, 0.05) is 18.3 Å². The molecule has 0 aromatic heterocycles. The van der Waals surface area contributed by atoms with Gasteiger partial charge in [-0.05, 0) is 90.6 Å². The summed E-state index contributed by atoms with van der Waals surface area (Å²) in [6.45, 7) is 0. The summed E-state index contributed by atoms with van der Waals surface area (Å²) in [7, 11) is -2.42. The number of hydrogen-bond acceptors (Lipinski definition) is 4. The van der Waals surface area contributed by atoms with Crippen LogP contribution in [0.25, 0.3) is 11.1 Å². The Morgan fingerprint density at radius 3 is 2.19 bits per heavy atom. The smallest absolute Gasteiger partial charge is 0.356 e. The van der Waals surface area contributed by atoms with Crippen LogP contribution in [0.4, 0.5) is 10.1 Å². The van der Waals surface area contributed by atoms with Crippen molar-refractivity contribution in [2.24, 2.45) is 0 Å². The zero-order valence-electron chi connectivity index (χ0n) is 22.9. The molecule has 1 aliphatic heterocycles. The van der Waals surface area contributed by atoms with E-state index in [1.54, 1.807) is 30.3 Å². The fourth-order valence-electron chi connectivity index (χ4n) is 5.57. The lowest BCUT2D eigenvalue weighted by Gasteiger charge is -2.29. The molecule has 218 valence electrons. The molecule has 1 aliphatic rings. The number of para-hydroxylation sites is 1. The molecule has 4 N–H and O–H groups in total. The van der Waals surface area contributed by atoms with E-state index >= 15 is 0 Å². The van der Waals surface area contributed by atoms with Crippen molar-refractivity contribution in [3.63, 3.8) is 0 Å². The highest BCUT2D eigenvalue weighted by molar-refractivity contribution is 7.80. The van der Waals surface area contributed by atoms with Crippen molar-refractivity contribution in [1.29, 1.82) is 0 Å². The van der Waals surface area contributed by atoms with Gasteiger partial charge < -0.3 is 29.8 Å². The summed E-state index contributed by atoms with van der Waals surface area (Å²) < 4.78 is 24.9. The van der Waals surface area contributed by atoms with Gasteiger partial charge in [-0.25, -0.2) is 4.39 Å². The SMILES string of the molecule is CN1C(=S)N(c2ccccc2)[C@H](c2ccc(-c3ccc(P(=O)(O)O)cc3)cc2O)[C@H]1CCC[C@@H](O)c1ccc(F)cc1. The van der Waals surface area contributed by atoms with E-state index in [0.717, 1.165) is 5.69 Å². The molecule has 0 unspecified atom stereocenters. The zero-order valence-corrected chi connectivity index (χ0v) is 24.6. The van der Waals surface area contributed by atoms with Gasteiger partial charge in [-0.15, -0.1) is 0 Å². The van der Waals surface area contributed by atoms with Crippen LogP contribution in [-0.4, -0.2) is 43.1 Å². The predicted octanol–water partition coefficient (Wildman–Crippen LogP) is 6.05. The zero-order chi connectivity index (χ0) is 30.0. The van der Waals surface area contributed by atoms with Crippen molar-refractivity contribution in [3.05, 3.63) is 114 Å². The molecule has 4 aromatic rings. The van der Waals surface area contributed by atoms with Gasteiger partial charge in [0.05, 0.1) is 23.5 Å². The van der Waals surface area contributed by atoms with Gasteiger partial charge in [0.15, 0.2) is 5.11 Å². The number of hydrogen-bond donors (Lipinski definition) is 4. The molecule has 10 heteroatoms. The Hall–Kier alpha value is -3.59. The first-order valence-electron chi connectivity index (χ1n) is 13.6. The van der Waals surface area contributed by atoms with Crippen LogP contribution in [0.1, 0.15) is 42.5 Å². The summed E-state index contributed by atoms with van der Waals surface area (Å²) in [6.07, 6.45) is 1.10. The number of nitrogens with zero attached hydrogens (tertiary/aromatic N) is 2. The minimum Gasteiger partial charge on any atom is -0.508 e. The first-order valence-corrected chi connectivity index (χ1v) is 15.6. The van der Waals surface area contributed by atoms with E-state index in [1.807, 2.05) is 59.3 Å². The summed E-state index contributed by atoms with van der Waals surface area (Å²) in [5.41, 5.74) is 3.65. The van der Waals surface area contributed by atoms with Crippen LogP contribution in [0.2, 0.25) is 0 Å². The van der Waals surface area contributed by atoms with Gasteiger partial charge >= 0.3 is 7.60 Å². The summed E-state index contributed by atoms with van der Waals surface area (Å²) in [6, 6.07) is 26.6. The van der Waals surface area contributed by atoms with Gasteiger partial charge in [0.25, 0.3) is 0 Å². The third kappa shape index (κ3) is 6.26. The number of aliphatic hydroxyl groups excluding tert-OH is 1. The van der Waals surface area contributed by atoms with Gasteiger partial charge in [-0.1, -0.05) is 54.6 Å². The monoisotopic (exact) mass is 606 g/mol. The highest BCUT2D eigenvalue weighted by Crippen LogP contribution is 2.44. The van der Waals surface area contributed by atoms with Gasteiger partial charge in [0.2, 0.25) is 0 Å². The van der Waals surface area contributed by atoms with Crippen LogP contribution < -0.4 is 10.2 Å². The Morgan fingerprint density at radius 2 is 1.57 bits per heavy atom. The number of aromatic hydroxyl groups is 1. The largest absolute Gasteiger partial charge is 0.508 e. The quantitative estimate of drug-likeness (QED) is 0.135. The molecule has 0 aliphatic carbocycles. The molecule has 0 saturated carbocycles. The lowest BCUT2D eigenvalue weighted by atomic mass is 9.91. The van der Waals surface area contributed by atoms with Crippen LogP contribution >= 0.6 is 19.8 Å². The molecule has 42 heavy (non-hydrogen) atoms. The summed E-state index contributed by atoms with van der Waals surface area (Å²) in [4.78, 5) is 22.9. The third-order valence-corrected chi connectivity index (χ3v) is 9.26. The molecule has 0 radical (unpaired) electrons. The summed E-state index contributed by atoms with van der Waals surface area (Å²) in [5, 5.41) is 22.6. The molecule has 3 atom stereocenters. The maximum atomic E-state index is 13.3. The van der Waals surface area contributed by atoms with E-state index in [-0.39, 0.29) is 29.0 Å². The molecule has 4 aromatic carbocycles. The van der Waals surface area contributed by atoms with Crippen LogP contribution in [-0.2, 0) is 4.57 Å². The molecular formula is C32H32FN2O5PS. The lowest BCUT2D eigenvalue weighted by molar-refractivity contribution is 0.159. The molecule has 1 heterocycles. The van der Waals surface area contributed by atoms with Crippen molar-refractivity contribution in [3.8, 4) is 16.9 Å². The Morgan fingerprint density at radius 1 is 0.929 bits per heavy atom. The van der Waals surface area contributed by atoms with E-state index in [9.17, 15) is 29.0 Å². The maximum Gasteiger partial charge on any atom is 0.356 e. The highest BCUT2D eigenvalue weighted by atomic mass is 32.1. The molecule has 5 rings (SSSR count). The number of benzene rings is 4. The van der Waals surface area contributed by atoms with E-state index in [0.29, 0.717) is 46.6 Å². The average molecular weight is 607 g/mol. The second kappa shape index (κ2) is 12.3. The topological polar surface area (TPSA) is 104 Å². The van der Waals surface area contributed by atoms with E-state index < -0.39 is 13.7 Å². The van der Waals surface area contributed by atoms with Crippen molar-refractivity contribution in [2.45, 2.75) is 37.5 Å². The second-order valence-electron chi connectivity index (χ2n) is 10.5. The fraction of sp³-hybridized carbons (Fsp3) is 0.219. The highest BCUT2D eigenvalue weighted by Gasteiger charge is 2.43. The standard InChI is InChI=1S/C32H32FN2O5PS/c1-34-28(8-5-9-29(36)22-10-15-24(33)16-11-22)31(35(32(34)42)25-6-3-2-4-7-25)27-19-14-23(20-30(27)37)21-12-17-26(18-13-21)41(38,39)40/h2-4,6-7,10-20,28-29,31,36-37H,5,8-9H2,1H3,(H2,38,39,40)/t28-,29-,31-/m1/s1. The number of rotatable bonds is 9. The Balaban J connectivity index is 1.43. The number of likely N-dealkylation sites (N-methyl/N-ethyl adjacent to an activating group) is 1. The first-order chi connectivity index (χ1) is 20.0. The summed E-state index contributed by atoms with van der Waals surface area (Å²) >= 11 is 5.90. The van der Waals surface area contributed by atoms with Crippen molar-refractivity contribution in [2.75, 3.05) is 11.9 Å². The normalized spacial score (nSPS) is 18.0. The average Bonchev–Trinajstić information content (AvgIpc) is 3.22. The number of anilines is 1. The van der Waals surface area contributed by atoms with Crippen LogP contribution in [0.3, 0.4) is 0 Å². The molecule has 0 amide bonds. The molecular weight excluding hydrogens is 574 g/mol. The van der Waals surface area contributed by atoms with Crippen molar-refractivity contribution < 1.29 is 29.0 Å². The molecule has 0 bridgehead atoms. The molecule has 0 spiro atoms. The van der Waals surface area contributed by atoms with Gasteiger partial charge in [-0.2, -0.15) is 0 Å². The Labute approximate surface area is 249 Å². The van der Waals surface area contributed by atoms with E-state index in [1.165, 1.54) is 24.3 Å². The molecule has 1 fully saturated rings. The van der Waals surface area contributed by atoms with E-state index in [2.05, 4.69) is 0 Å². The number of thiocarbonyl (C=S) groups is 1. The Kier molecular flexibility index (Phi) is 8.78. The Bertz CT molecular complexity index is 1600. The first kappa shape index (κ1) is 29.9. The maximum absolute atomic E-state index is 13.3. The minimum absolute atomic E-state index is 0.0690. The predicted molar refractivity (Wildman–Crippen MR) is 166 cm³/mol. The fourth-order valence-corrected chi connectivity index (χ4v) is 6.46. The minimum atomic E-state index is -4.35.